The zero-order valence-corrected chi connectivity index (χ0v) is 28.2. The van der Waals surface area contributed by atoms with Gasteiger partial charge in [0.15, 0.2) is 0 Å². The smallest absolute Gasteiger partial charge is 0.225 e. The molecule has 2 aliphatic rings. The summed E-state index contributed by atoms with van der Waals surface area (Å²) >= 11 is 6.83. The SMILES string of the molecule is CCCC(O)[C@@]12CO[C@@](c3ccc(Cl)c(Cc4ccc(OCC)cc4)c3)(O1)[C@H](OCc1ccccc1)[C@@H](OCc1ccccc1)[C@@H]2C. The van der Waals surface area contributed by atoms with Crippen molar-refractivity contribution in [1.82, 2.24) is 0 Å². The number of fused-ring (bicyclic) bond motifs is 2. The topological polar surface area (TPSA) is 66.4 Å². The maximum atomic E-state index is 11.7. The van der Waals surface area contributed by atoms with E-state index in [9.17, 15) is 5.11 Å². The van der Waals surface area contributed by atoms with E-state index >= 15 is 0 Å². The molecule has 6 atom stereocenters. The number of hydrogen-bond donors (Lipinski definition) is 1. The highest BCUT2D eigenvalue weighted by molar-refractivity contribution is 6.31. The van der Waals surface area contributed by atoms with Crippen LogP contribution in [0.3, 0.4) is 0 Å². The molecule has 2 bridgehead atoms. The molecule has 248 valence electrons. The first-order valence-corrected chi connectivity index (χ1v) is 17.1. The molecule has 4 aromatic carbocycles. The molecule has 2 fully saturated rings. The summed E-state index contributed by atoms with van der Waals surface area (Å²) in [5.74, 6) is -0.740. The Bertz CT molecular complexity index is 1580. The summed E-state index contributed by atoms with van der Waals surface area (Å²) in [6.07, 6.45) is 0.144. The third-order valence-electron chi connectivity index (χ3n) is 9.55. The van der Waals surface area contributed by atoms with Crippen LogP contribution in [-0.2, 0) is 44.4 Å². The number of benzene rings is 4. The number of rotatable bonds is 14. The fraction of sp³-hybridized carbons (Fsp3) is 0.400. The summed E-state index contributed by atoms with van der Waals surface area (Å²) in [6, 6.07) is 34.2. The van der Waals surface area contributed by atoms with Gasteiger partial charge in [-0.2, -0.15) is 0 Å². The standard InChI is InChI=1S/C40H45ClO6/c1-4-12-36(42)39-27-46-40(47-39,33-19-22-35(41)32(24-33)23-29-17-20-34(21-18-29)43-5-2)38(45-26-31-15-10-7-11-16-31)37(28(39)3)44-25-30-13-8-6-9-14-30/h6-11,13-22,24,28,36-38,42H,4-5,12,23,25-27H2,1-3H3/t28-,36?,37-,38+,39-,40-/m0/s1. The lowest BCUT2D eigenvalue weighted by Gasteiger charge is -2.52. The molecule has 0 aliphatic carbocycles. The van der Waals surface area contributed by atoms with Gasteiger partial charge in [-0.3, -0.25) is 0 Å². The normalized spacial score (nSPS) is 25.9. The van der Waals surface area contributed by atoms with Gasteiger partial charge in [0.2, 0.25) is 5.79 Å². The predicted molar refractivity (Wildman–Crippen MR) is 183 cm³/mol. The zero-order chi connectivity index (χ0) is 32.9. The fourth-order valence-electron chi connectivity index (χ4n) is 6.95. The van der Waals surface area contributed by atoms with Crippen LogP contribution in [0.4, 0.5) is 0 Å². The van der Waals surface area contributed by atoms with Gasteiger partial charge in [0.25, 0.3) is 0 Å². The molecule has 2 saturated heterocycles. The van der Waals surface area contributed by atoms with Crippen LogP contribution in [0.2, 0.25) is 5.02 Å². The van der Waals surface area contributed by atoms with E-state index < -0.39 is 29.7 Å². The first kappa shape index (κ1) is 33.7. The molecule has 7 heteroatoms. The molecule has 0 radical (unpaired) electrons. The summed E-state index contributed by atoms with van der Waals surface area (Å²) in [7, 11) is 0. The highest BCUT2D eigenvalue weighted by Crippen LogP contribution is 2.56. The summed E-state index contributed by atoms with van der Waals surface area (Å²) in [4.78, 5) is 0. The molecular formula is C40H45ClO6. The lowest BCUT2D eigenvalue weighted by Crippen LogP contribution is -2.65. The molecule has 2 heterocycles. The average molecular weight is 657 g/mol. The molecule has 4 aromatic rings. The van der Waals surface area contributed by atoms with Crippen molar-refractivity contribution in [3.63, 3.8) is 0 Å². The maximum Gasteiger partial charge on any atom is 0.225 e. The molecule has 6 rings (SSSR count). The second kappa shape index (κ2) is 14.9. The van der Waals surface area contributed by atoms with Gasteiger partial charge < -0.3 is 28.8 Å². The number of aliphatic hydroxyl groups excluding tert-OH is 1. The van der Waals surface area contributed by atoms with Crippen LogP contribution in [-0.4, -0.2) is 42.2 Å². The Labute approximate surface area is 283 Å². The van der Waals surface area contributed by atoms with Crippen LogP contribution in [0.5, 0.6) is 5.75 Å². The van der Waals surface area contributed by atoms with Crippen molar-refractivity contribution in [1.29, 1.82) is 0 Å². The van der Waals surface area contributed by atoms with E-state index in [0.29, 0.717) is 37.7 Å². The summed E-state index contributed by atoms with van der Waals surface area (Å²) in [5, 5.41) is 12.4. The van der Waals surface area contributed by atoms with Crippen LogP contribution in [0, 0.1) is 5.92 Å². The van der Waals surface area contributed by atoms with Crippen molar-refractivity contribution in [3.8, 4) is 5.75 Å². The Morgan fingerprint density at radius 2 is 1.51 bits per heavy atom. The Hall–Kier alpha value is -3.23. The van der Waals surface area contributed by atoms with Gasteiger partial charge >= 0.3 is 0 Å². The van der Waals surface area contributed by atoms with Gasteiger partial charge in [0.1, 0.15) is 17.5 Å². The Balaban J connectivity index is 1.41. The minimum atomic E-state index is -1.34. The molecule has 1 unspecified atom stereocenters. The molecule has 0 spiro atoms. The van der Waals surface area contributed by atoms with Crippen molar-refractivity contribution in [3.05, 3.63) is 136 Å². The van der Waals surface area contributed by atoms with Gasteiger partial charge in [-0.1, -0.05) is 111 Å². The van der Waals surface area contributed by atoms with E-state index in [1.165, 1.54) is 0 Å². The van der Waals surface area contributed by atoms with Crippen molar-refractivity contribution >= 4 is 11.6 Å². The van der Waals surface area contributed by atoms with Gasteiger partial charge in [0, 0.05) is 16.5 Å². The molecule has 47 heavy (non-hydrogen) atoms. The van der Waals surface area contributed by atoms with Crippen molar-refractivity contribution in [2.75, 3.05) is 13.2 Å². The Morgan fingerprint density at radius 3 is 2.15 bits per heavy atom. The number of ether oxygens (including phenoxy) is 5. The zero-order valence-electron chi connectivity index (χ0n) is 27.4. The van der Waals surface area contributed by atoms with Crippen molar-refractivity contribution in [2.24, 2.45) is 5.92 Å². The minimum absolute atomic E-state index is 0.211. The third-order valence-corrected chi connectivity index (χ3v) is 9.92. The van der Waals surface area contributed by atoms with Crippen molar-refractivity contribution in [2.45, 2.75) is 82.9 Å². The monoisotopic (exact) mass is 656 g/mol. The number of aliphatic hydroxyl groups is 1. The van der Waals surface area contributed by atoms with E-state index in [1.807, 2.05) is 79.7 Å². The summed E-state index contributed by atoms with van der Waals surface area (Å²) < 4.78 is 33.2. The quantitative estimate of drug-likeness (QED) is 0.147. The largest absolute Gasteiger partial charge is 0.494 e. The van der Waals surface area contributed by atoms with Crippen LogP contribution < -0.4 is 4.74 Å². The van der Waals surface area contributed by atoms with Crippen LogP contribution in [0.15, 0.2) is 103 Å². The molecule has 2 aliphatic heterocycles. The van der Waals surface area contributed by atoms with Gasteiger partial charge in [0.05, 0.1) is 38.6 Å². The molecule has 6 nitrogen and oxygen atoms in total. The van der Waals surface area contributed by atoms with E-state index in [1.54, 1.807) is 0 Å². The van der Waals surface area contributed by atoms with E-state index in [-0.39, 0.29) is 12.5 Å². The average Bonchev–Trinajstić information content (AvgIpc) is 3.48. The second-order valence-electron chi connectivity index (χ2n) is 12.6. The third kappa shape index (κ3) is 7.00. The summed E-state index contributed by atoms with van der Waals surface area (Å²) in [6.45, 7) is 7.69. The molecule has 0 aromatic heterocycles. The molecule has 0 saturated carbocycles. The van der Waals surface area contributed by atoms with E-state index in [0.717, 1.165) is 40.0 Å². The Kier molecular flexibility index (Phi) is 10.7. The van der Waals surface area contributed by atoms with Crippen molar-refractivity contribution < 1.29 is 28.8 Å². The fourth-order valence-corrected chi connectivity index (χ4v) is 7.14. The van der Waals surface area contributed by atoms with Gasteiger partial charge in [-0.05, 0) is 66.3 Å². The van der Waals surface area contributed by atoms with Gasteiger partial charge in [-0.15, -0.1) is 0 Å². The van der Waals surface area contributed by atoms with E-state index in [2.05, 4.69) is 44.2 Å². The lowest BCUT2D eigenvalue weighted by molar-refractivity contribution is -0.344. The van der Waals surface area contributed by atoms with E-state index in [4.69, 9.17) is 35.3 Å². The molecule has 1 N–H and O–H groups in total. The highest BCUT2D eigenvalue weighted by Gasteiger charge is 2.69. The molecular weight excluding hydrogens is 612 g/mol. The van der Waals surface area contributed by atoms with Gasteiger partial charge in [-0.25, -0.2) is 0 Å². The minimum Gasteiger partial charge on any atom is -0.494 e. The highest BCUT2D eigenvalue weighted by atomic mass is 35.5. The Morgan fingerprint density at radius 1 is 0.851 bits per heavy atom. The van der Waals surface area contributed by atoms with Crippen LogP contribution in [0.1, 0.15) is 61.4 Å². The first-order valence-electron chi connectivity index (χ1n) is 16.7. The number of halogens is 1. The van der Waals surface area contributed by atoms with Crippen LogP contribution in [0.25, 0.3) is 0 Å². The predicted octanol–water partition coefficient (Wildman–Crippen LogP) is 8.25. The second-order valence-corrected chi connectivity index (χ2v) is 13.1. The summed E-state index contributed by atoms with van der Waals surface area (Å²) in [5.41, 5.74) is 3.92. The molecule has 0 amide bonds. The number of hydrogen-bond acceptors (Lipinski definition) is 6. The van der Waals surface area contributed by atoms with Crippen LogP contribution >= 0.6 is 11.6 Å². The first-order chi connectivity index (χ1) is 22.9. The maximum absolute atomic E-state index is 11.7. The lowest BCUT2D eigenvalue weighted by atomic mass is 9.74.